The molecule has 1 N–H and O–H groups in total. The van der Waals surface area contributed by atoms with E-state index < -0.39 is 0 Å². The maximum absolute atomic E-state index is 12.6. The Labute approximate surface area is 123 Å². The number of carbonyl (C=O) groups is 1. The lowest BCUT2D eigenvalue weighted by Crippen LogP contribution is -2.44. The second-order valence-corrected chi connectivity index (χ2v) is 6.35. The van der Waals surface area contributed by atoms with Crippen molar-refractivity contribution in [1.82, 2.24) is 10.2 Å². The van der Waals surface area contributed by atoms with Crippen LogP contribution in [0.4, 0.5) is 0 Å². The van der Waals surface area contributed by atoms with Gasteiger partial charge >= 0.3 is 0 Å². The van der Waals surface area contributed by atoms with Crippen molar-refractivity contribution in [2.75, 3.05) is 19.6 Å². The molecule has 0 aromatic carbocycles. The fourth-order valence-corrected chi connectivity index (χ4v) is 3.36. The Hall–Kier alpha value is -0.280. The van der Waals surface area contributed by atoms with Gasteiger partial charge in [-0.25, -0.2) is 0 Å². The first-order valence-electron chi connectivity index (χ1n) is 7.69. The molecule has 0 aromatic rings. The van der Waals surface area contributed by atoms with Crippen LogP contribution in [-0.2, 0) is 4.79 Å². The van der Waals surface area contributed by atoms with Crippen LogP contribution in [0.1, 0.15) is 52.4 Å². The molecule has 4 heteroatoms. The van der Waals surface area contributed by atoms with E-state index in [2.05, 4.69) is 24.1 Å². The van der Waals surface area contributed by atoms with Crippen LogP contribution >= 0.6 is 12.4 Å². The van der Waals surface area contributed by atoms with Gasteiger partial charge in [0.2, 0.25) is 5.91 Å². The highest BCUT2D eigenvalue weighted by Gasteiger charge is 2.32. The van der Waals surface area contributed by atoms with E-state index in [4.69, 9.17) is 0 Å². The molecule has 0 saturated carbocycles. The fraction of sp³-hybridized carbons (Fsp3) is 0.933. The minimum atomic E-state index is 0. The fourth-order valence-electron chi connectivity index (χ4n) is 3.36. The van der Waals surface area contributed by atoms with Crippen molar-refractivity contribution in [1.29, 1.82) is 0 Å². The molecule has 0 radical (unpaired) electrons. The Kier molecular flexibility index (Phi) is 7.16. The second kappa shape index (κ2) is 8.11. The van der Waals surface area contributed by atoms with Crippen molar-refractivity contribution in [2.45, 2.75) is 58.4 Å². The smallest absolute Gasteiger partial charge is 0.227 e. The predicted octanol–water partition coefficient (Wildman–Crippen LogP) is 2.84. The molecule has 2 fully saturated rings. The van der Waals surface area contributed by atoms with Gasteiger partial charge < -0.3 is 10.2 Å². The van der Waals surface area contributed by atoms with E-state index >= 15 is 0 Å². The predicted molar refractivity (Wildman–Crippen MR) is 81.6 cm³/mol. The van der Waals surface area contributed by atoms with Crippen LogP contribution in [0.15, 0.2) is 0 Å². The molecule has 0 bridgehead atoms. The molecular formula is C15H29ClN2O. The number of halogens is 1. The molecule has 19 heavy (non-hydrogen) atoms. The first-order chi connectivity index (χ1) is 8.68. The first-order valence-corrected chi connectivity index (χ1v) is 7.69. The van der Waals surface area contributed by atoms with Crippen LogP contribution in [0.3, 0.4) is 0 Å². The molecule has 2 atom stereocenters. The molecule has 0 aliphatic carbocycles. The van der Waals surface area contributed by atoms with Gasteiger partial charge in [0, 0.05) is 19.1 Å². The van der Waals surface area contributed by atoms with Gasteiger partial charge in [-0.15, -0.1) is 12.4 Å². The Morgan fingerprint density at radius 2 is 2.05 bits per heavy atom. The average Bonchev–Trinajstić information content (AvgIpc) is 2.76. The van der Waals surface area contributed by atoms with Crippen molar-refractivity contribution in [3.05, 3.63) is 0 Å². The molecule has 2 unspecified atom stereocenters. The van der Waals surface area contributed by atoms with Crippen LogP contribution in [-0.4, -0.2) is 36.5 Å². The minimum absolute atomic E-state index is 0. The molecule has 0 aromatic heterocycles. The Bertz CT molecular complexity index is 277. The number of amides is 1. The summed E-state index contributed by atoms with van der Waals surface area (Å²) >= 11 is 0. The number of carbonyl (C=O) groups excluding carboxylic acids is 1. The molecule has 2 heterocycles. The summed E-state index contributed by atoms with van der Waals surface area (Å²) in [6.45, 7) is 7.44. The molecule has 2 aliphatic rings. The van der Waals surface area contributed by atoms with Crippen molar-refractivity contribution in [3.8, 4) is 0 Å². The largest absolute Gasteiger partial charge is 0.339 e. The average molecular weight is 289 g/mol. The molecule has 1 amide bonds. The van der Waals surface area contributed by atoms with Gasteiger partial charge in [-0.3, -0.25) is 4.79 Å². The summed E-state index contributed by atoms with van der Waals surface area (Å²) in [7, 11) is 0. The number of nitrogens with one attached hydrogen (secondary N) is 1. The molecule has 2 rings (SSSR count). The van der Waals surface area contributed by atoms with Crippen LogP contribution < -0.4 is 5.32 Å². The normalized spacial score (nSPS) is 28.1. The SMILES string of the molecule is CC(C)CC1CCCCCN1C(=O)C1CCNC1.Cl. The first kappa shape index (κ1) is 16.8. The maximum atomic E-state index is 12.6. The van der Waals surface area contributed by atoms with Crippen LogP contribution in [0, 0.1) is 11.8 Å². The van der Waals surface area contributed by atoms with E-state index in [0.29, 0.717) is 17.9 Å². The Balaban J connectivity index is 0.00000180. The van der Waals surface area contributed by atoms with Gasteiger partial charge in [0.05, 0.1) is 5.92 Å². The zero-order valence-electron chi connectivity index (χ0n) is 12.4. The highest BCUT2D eigenvalue weighted by atomic mass is 35.5. The van der Waals surface area contributed by atoms with Gasteiger partial charge in [0.25, 0.3) is 0 Å². The van der Waals surface area contributed by atoms with E-state index in [1.54, 1.807) is 0 Å². The summed E-state index contributed by atoms with van der Waals surface area (Å²) < 4.78 is 0. The zero-order chi connectivity index (χ0) is 13.0. The number of nitrogens with zero attached hydrogens (tertiary/aromatic N) is 1. The number of rotatable bonds is 3. The quantitative estimate of drug-likeness (QED) is 0.866. The van der Waals surface area contributed by atoms with E-state index in [1.165, 1.54) is 32.1 Å². The van der Waals surface area contributed by atoms with E-state index in [1.807, 2.05) is 0 Å². The van der Waals surface area contributed by atoms with Crippen LogP contribution in [0.2, 0.25) is 0 Å². The van der Waals surface area contributed by atoms with Gasteiger partial charge in [0.1, 0.15) is 0 Å². The summed E-state index contributed by atoms with van der Waals surface area (Å²) in [4.78, 5) is 14.9. The second-order valence-electron chi connectivity index (χ2n) is 6.35. The summed E-state index contributed by atoms with van der Waals surface area (Å²) in [5.41, 5.74) is 0. The zero-order valence-corrected chi connectivity index (χ0v) is 13.2. The van der Waals surface area contributed by atoms with Crippen molar-refractivity contribution >= 4 is 18.3 Å². The van der Waals surface area contributed by atoms with Gasteiger partial charge in [0.15, 0.2) is 0 Å². The lowest BCUT2D eigenvalue weighted by molar-refractivity contribution is -0.137. The van der Waals surface area contributed by atoms with Gasteiger partial charge in [-0.1, -0.05) is 26.7 Å². The topological polar surface area (TPSA) is 32.3 Å². The molecular weight excluding hydrogens is 260 g/mol. The highest BCUT2D eigenvalue weighted by Crippen LogP contribution is 2.25. The van der Waals surface area contributed by atoms with Gasteiger partial charge in [-0.05, 0) is 38.1 Å². The van der Waals surface area contributed by atoms with Crippen LogP contribution in [0.25, 0.3) is 0 Å². The van der Waals surface area contributed by atoms with Crippen molar-refractivity contribution in [2.24, 2.45) is 11.8 Å². The molecule has 3 nitrogen and oxygen atoms in total. The summed E-state index contributed by atoms with van der Waals surface area (Å²) in [5.74, 6) is 1.36. The molecule has 2 aliphatic heterocycles. The third kappa shape index (κ3) is 4.64. The summed E-state index contributed by atoms with van der Waals surface area (Å²) in [5, 5.41) is 3.32. The lowest BCUT2D eigenvalue weighted by atomic mass is 9.97. The van der Waals surface area contributed by atoms with Crippen molar-refractivity contribution in [3.63, 3.8) is 0 Å². The molecule has 0 spiro atoms. The van der Waals surface area contributed by atoms with E-state index in [0.717, 1.165) is 26.1 Å². The Morgan fingerprint density at radius 3 is 2.68 bits per heavy atom. The third-order valence-electron chi connectivity index (χ3n) is 4.31. The van der Waals surface area contributed by atoms with Crippen molar-refractivity contribution < 1.29 is 4.79 Å². The molecule has 112 valence electrons. The third-order valence-corrected chi connectivity index (χ3v) is 4.31. The highest BCUT2D eigenvalue weighted by molar-refractivity contribution is 5.85. The summed E-state index contributed by atoms with van der Waals surface area (Å²) in [6.07, 6.45) is 7.20. The number of hydrogen-bond donors (Lipinski definition) is 1. The van der Waals surface area contributed by atoms with E-state index in [-0.39, 0.29) is 18.3 Å². The Morgan fingerprint density at radius 1 is 1.26 bits per heavy atom. The molecule has 2 saturated heterocycles. The monoisotopic (exact) mass is 288 g/mol. The number of hydrogen-bond acceptors (Lipinski definition) is 2. The lowest BCUT2D eigenvalue weighted by Gasteiger charge is -2.33. The standard InChI is InChI=1S/C15H28N2O.ClH/c1-12(2)10-14-6-4-3-5-9-17(14)15(18)13-7-8-16-11-13;/h12-14,16H,3-11H2,1-2H3;1H. The van der Waals surface area contributed by atoms with Gasteiger partial charge in [-0.2, -0.15) is 0 Å². The minimum Gasteiger partial charge on any atom is -0.339 e. The van der Waals surface area contributed by atoms with E-state index in [9.17, 15) is 4.79 Å². The number of likely N-dealkylation sites (tertiary alicyclic amines) is 1. The van der Waals surface area contributed by atoms with Crippen LogP contribution in [0.5, 0.6) is 0 Å². The summed E-state index contributed by atoms with van der Waals surface area (Å²) in [6, 6.07) is 0.501. The maximum Gasteiger partial charge on any atom is 0.227 e.